The van der Waals surface area contributed by atoms with Crippen molar-refractivity contribution in [3.8, 4) is 5.75 Å². The van der Waals surface area contributed by atoms with Gasteiger partial charge >= 0.3 is 0 Å². The zero-order chi connectivity index (χ0) is 16.0. The number of phenolic OH excluding ortho intramolecular Hbond substituents is 1. The number of phenols is 1. The molecule has 2 aromatic heterocycles. The van der Waals surface area contributed by atoms with Crippen molar-refractivity contribution in [1.82, 2.24) is 9.97 Å². The number of fused-ring (bicyclic) bond motifs is 3. The highest BCUT2D eigenvalue weighted by Crippen LogP contribution is 2.40. The standard InChI is InChI=1S/C18H19N3OS/c1-10-4-6-13(14(22)7-10)21-17-16-12-5-3-11(2)8-15(12)23-18(16)20-9-19-17/h4,6-7,9,11,22H,3,5,8H2,1-2H3,(H,19,20,21). The fourth-order valence-corrected chi connectivity index (χ4v) is 4.60. The van der Waals surface area contributed by atoms with Gasteiger partial charge in [0.05, 0.1) is 11.1 Å². The molecule has 1 aliphatic carbocycles. The van der Waals surface area contributed by atoms with Gasteiger partial charge in [-0.05, 0) is 55.4 Å². The average Bonchev–Trinajstić information content (AvgIpc) is 2.88. The number of hydrogen-bond acceptors (Lipinski definition) is 5. The Morgan fingerprint density at radius 3 is 3.00 bits per heavy atom. The summed E-state index contributed by atoms with van der Waals surface area (Å²) in [7, 11) is 0. The van der Waals surface area contributed by atoms with Gasteiger partial charge in [-0.2, -0.15) is 0 Å². The number of thiophene rings is 1. The molecule has 4 nitrogen and oxygen atoms in total. The molecule has 0 saturated carbocycles. The Balaban J connectivity index is 1.81. The van der Waals surface area contributed by atoms with E-state index in [4.69, 9.17) is 0 Å². The van der Waals surface area contributed by atoms with Crippen molar-refractivity contribution < 1.29 is 5.11 Å². The van der Waals surface area contributed by atoms with Crippen molar-refractivity contribution >= 4 is 33.1 Å². The van der Waals surface area contributed by atoms with Crippen LogP contribution < -0.4 is 5.32 Å². The van der Waals surface area contributed by atoms with E-state index in [0.717, 1.165) is 40.4 Å². The minimum absolute atomic E-state index is 0.245. The molecule has 0 saturated heterocycles. The lowest BCUT2D eigenvalue weighted by Gasteiger charge is -2.18. The second kappa shape index (κ2) is 5.49. The molecule has 2 N–H and O–H groups in total. The van der Waals surface area contributed by atoms with Crippen LogP contribution in [0, 0.1) is 12.8 Å². The maximum Gasteiger partial charge on any atom is 0.142 e. The van der Waals surface area contributed by atoms with Gasteiger partial charge in [0.15, 0.2) is 0 Å². The van der Waals surface area contributed by atoms with Crippen LogP contribution in [0.3, 0.4) is 0 Å². The third-order valence-electron chi connectivity index (χ3n) is 4.50. The highest BCUT2D eigenvalue weighted by Gasteiger charge is 2.23. The van der Waals surface area contributed by atoms with Gasteiger partial charge < -0.3 is 10.4 Å². The Bertz CT molecular complexity index is 887. The minimum atomic E-state index is 0.245. The first-order chi connectivity index (χ1) is 11.1. The first-order valence-electron chi connectivity index (χ1n) is 7.93. The Kier molecular flexibility index (Phi) is 3.45. The first-order valence-corrected chi connectivity index (χ1v) is 8.75. The highest BCUT2D eigenvalue weighted by molar-refractivity contribution is 7.19. The maximum atomic E-state index is 10.1. The molecule has 3 aromatic rings. The number of rotatable bonds is 2. The van der Waals surface area contributed by atoms with Crippen molar-refractivity contribution in [1.29, 1.82) is 0 Å². The predicted molar refractivity (Wildman–Crippen MR) is 94.7 cm³/mol. The van der Waals surface area contributed by atoms with Crippen molar-refractivity contribution in [2.24, 2.45) is 5.92 Å². The average molecular weight is 325 g/mol. The molecule has 0 bridgehead atoms. The summed E-state index contributed by atoms with van der Waals surface area (Å²) in [5.74, 6) is 1.77. The number of aromatic hydroxyl groups is 1. The molecular weight excluding hydrogens is 306 g/mol. The molecule has 4 rings (SSSR count). The van der Waals surface area contributed by atoms with Gasteiger partial charge in [-0.1, -0.05) is 13.0 Å². The minimum Gasteiger partial charge on any atom is -0.506 e. The highest BCUT2D eigenvalue weighted by atomic mass is 32.1. The van der Waals surface area contributed by atoms with Crippen molar-refractivity contribution in [2.75, 3.05) is 5.32 Å². The zero-order valence-corrected chi connectivity index (χ0v) is 14.1. The molecule has 23 heavy (non-hydrogen) atoms. The molecule has 0 radical (unpaired) electrons. The van der Waals surface area contributed by atoms with Crippen molar-refractivity contribution in [2.45, 2.75) is 33.1 Å². The number of aromatic nitrogens is 2. The van der Waals surface area contributed by atoms with Crippen LogP contribution in [-0.4, -0.2) is 15.1 Å². The monoisotopic (exact) mass is 325 g/mol. The quantitative estimate of drug-likeness (QED) is 0.677. The van der Waals surface area contributed by atoms with E-state index in [-0.39, 0.29) is 5.75 Å². The van der Waals surface area contributed by atoms with E-state index in [2.05, 4.69) is 22.2 Å². The summed E-state index contributed by atoms with van der Waals surface area (Å²) < 4.78 is 0. The zero-order valence-electron chi connectivity index (χ0n) is 13.3. The molecule has 0 aliphatic heterocycles. The first kappa shape index (κ1) is 14.5. The van der Waals surface area contributed by atoms with Crippen LogP contribution in [0.25, 0.3) is 10.2 Å². The predicted octanol–water partition coefficient (Wildman–Crippen LogP) is 4.57. The van der Waals surface area contributed by atoms with Gasteiger partial charge in [0, 0.05) is 4.88 Å². The number of anilines is 2. The van der Waals surface area contributed by atoms with Crippen LogP contribution in [0.15, 0.2) is 24.5 Å². The molecular formula is C18H19N3OS. The Morgan fingerprint density at radius 1 is 1.30 bits per heavy atom. The lowest BCUT2D eigenvalue weighted by atomic mass is 9.89. The van der Waals surface area contributed by atoms with Gasteiger partial charge in [0.1, 0.15) is 22.7 Å². The lowest BCUT2D eigenvalue weighted by molar-refractivity contribution is 0.477. The summed E-state index contributed by atoms with van der Waals surface area (Å²) >= 11 is 1.78. The Labute approximate surface area is 139 Å². The Morgan fingerprint density at radius 2 is 2.17 bits per heavy atom. The number of aryl methyl sites for hydroxylation is 2. The number of benzene rings is 1. The molecule has 1 atom stereocenters. The van der Waals surface area contributed by atoms with E-state index in [9.17, 15) is 5.11 Å². The van der Waals surface area contributed by atoms with Crippen LogP contribution in [0.4, 0.5) is 11.5 Å². The topological polar surface area (TPSA) is 58.0 Å². The van der Waals surface area contributed by atoms with E-state index in [0.29, 0.717) is 5.69 Å². The van der Waals surface area contributed by atoms with Crippen LogP contribution in [-0.2, 0) is 12.8 Å². The number of nitrogens with zero attached hydrogens (tertiary/aromatic N) is 2. The molecule has 1 aliphatic rings. The number of nitrogens with one attached hydrogen (secondary N) is 1. The summed E-state index contributed by atoms with van der Waals surface area (Å²) in [4.78, 5) is 11.4. The summed E-state index contributed by atoms with van der Waals surface area (Å²) in [5, 5.41) is 14.6. The van der Waals surface area contributed by atoms with Gasteiger partial charge in [-0.3, -0.25) is 0 Å². The summed E-state index contributed by atoms with van der Waals surface area (Å²) in [5.41, 5.74) is 3.10. The third-order valence-corrected chi connectivity index (χ3v) is 5.66. The van der Waals surface area contributed by atoms with E-state index < -0.39 is 0 Å². The molecule has 118 valence electrons. The summed E-state index contributed by atoms with van der Waals surface area (Å²) in [6, 6.07) is 5.62. The SMILES string of the molecule is Cc1ccc(Nc2ncnc3sc4c(c23)CCC(C)C4)c(O)c1. The van der Waals surface area contributed by atoms with E-state index in [1.54, 1.807) is 23.7 Å². The van der Waals surface area contributed by atoms with E-state index >= 15 is 0 Å². The molecule has 5 heteroatoms. The smallest absolute Gasteiger partial charge is 0.142 e. The van der Waals surface area contributed by atoms with Crippen molar-refractivity contribution in [3.05, 3.63) is 40.5 Å². The van der Waals surface area contributed by atoms with E-state index in [1.807, 2.05) is 19.1 Å². The summed E-state index contributed by atoms with van der Waals surface area (Å²) in [6.07, 6.45) is 5.02. The van der Waals surface area contributed by atoms with Gasteiger partial charge in [-0.25, -0.2) is 9.97 Å². The van der Waals surface area contributed by atoms with Gasteiger partial charge in [-0.15, -0.1) is 11.3 Å². The second-order valence-electron chi connectivity index (χ2n) is 6.40. The lowest BCUT2D eigenvalue weighted by Crippen LogP contribution is -2.09. The van der Waals surface area contributed by atoms with Crippen LogP contribution in [0.1, 0.15) is 29.3 Å². The molecule has 1 unspecified atom stereocenters. The fourth-order valence-electron chi connectivity index (χ4n) is 3.24. The normalized spacial score (nSPS) is 17.2. The molecule has 0 amide bonds. The van der Waals surface area contributed by atoms with Gasteiger partial charge in [0.2, 0.25) is 0 Å². The van der Waals surface area contributed by atoms with E-state index in [1.165, 1.54) is 16.9 Å². The molecule has 2 heterocycles. The van der Waals surface area contributed by atoms with Crippen LogP contribution in [0.2, 0.25) is 0 Å². The molecule has 1 aromatic carbocycles. The molecule has 0 fully saturated rings. The second-order valence-corrected chi connectivity index (χ2v) is 7.48. The van der Waals surface area contributed by atoms with Crippen molar-refractivity contribution in [3.63, 3.8) is 0 Å². The Hall–Kier alpha value is -2.14. The largest absolute Gasteiger partial charge is 0.506 e. The fraction of sp³-hybridized carbons (Fsp3) is 0.333. The number of hydrogen-bond donors (Lipinski definition) is 2. The van der Waals surface area contributed by atoms with Gasteiger partial charge in [0.25, 0.3) is 0 Å². The van der Waals surface area contributed by atoms with Crippen LogP contribution >= 0.6 is 11.3 Å². The maximum absolute atomic E-state index is 10.1. The molecule has 0 spiro atoms. The third kappa shape index (κ3) is 2.55. The summed E-state index contributed by atoms with van der Waals surface area (Å²) in [6.45, 7) is 4.27. The van der Waals surface area contributed by atoms with Crippen LogP contribution in [0.5, 0.6) is 5.75 Å².